The second kappa shape index (κ2) is 3.87. The van der Waals surface area contributed by atoms with E-state index < -0.39 is 0 Å². The minimum Gasteiger partial charge on any atom is -0.149 e. The predicted octanol–water partition coefficient (Wildman–Crippen LogP) is 2.25. The fraction of sp³-hybridized carbons (Fsp3) is 0.500. The molecule has 0 radical (unpaired) electrons. The highest BCUT2D eigenvalue weighted by molar-refractivity contribution is 7.97. The largest absolute Gasteiger partial charge is 0.149 e. The predicted molar refractivity (Wildman–Crippen MR) is 33.2 cm³/mol. The van der Waals surface area contributed by atoms with Gasteiger partial charge in [0.1, 0.15) is 0 Å². The Labute approximate surface area is 47.8 Å². The zero-order valence-corrected chi connectivity index (χ0v) is 5.33. The fourth-order valence-corrected chi connectivity index (χ4v) is 0.332. The monoisotopic (exact) mass is 116 g/mol. The smallest absolute Gasteiger partial charge is 0.0534 e. The summed E-state index contributed by atoms with van der Waals surface area (Å²) in [5.74, 6) is 0. The molecule has 0 atom stereocenters. The van der Waals surface area contributed by atoms with Crippen LogP contribution in [0.3, 0.4) is 0 Å². The van der Waals surface area contributed by atoms with E-state index >= 15 is 0 Å². The Bertz CT molecular complexity index is 87.7. The van der Waals surface area contributed by atoms with Crippen molar-refractivity contribution in [2.45, 2.75) is 6.92 Å². The third-order valence-electron chi connectivity index (χ3n) is 0.293. The van der Waals surface area contributed by atoms with Gasteiger partial charge in [0.25, 0.3) is 0 Å². The molecule has 2 nitrogen and oxygen atoms in total. The van der Waals surface area contributed by atoms with Gasteiger partial charge in [0.2, 0.25) is 0 Å². The average Bonchev–Trinajstić information content (AvgIpc) is 1.61. The van der Waals surface area contributed by atoms with Crippen molar-refractivity contribution in [2.75, 3.05) is 6.26 Å². The second-order valence-electron chi connectivity index (χ2n) is 1.10. The Morgan fingerprint density at radius 1 is 1.71 bits per heavy atom. The first kappa shape index (κ1) is 6.69. The van der Waals surface area contributed by atoms with Gasteiger partial charge < -0.3 is 0 Å². The van der Waals surface area contributed by atoms with Gasteiger partial charge in [-0.15, -0.1) is 9.63 Å². The maximum absolute atomic E-state index is 3.64. The highest BCUT2D eigenvalue weighted by atomic mass is 32.2. The molecule has 0 spiro atoms. The Hall–Kier alpha value is -0.310. The molecule has 0 heterocycles. The van der Waals surface area contributed by atoms with Gasteiger partial charge in [-0.05, 0) is 18.9 Å². The molecule has 0 unspecified atom stereocenters. The first-order chi connectivity index (χ1) is 3.27. The lowest BCUT2D eigenvalue weighted by Gasteiger charge is -1.78. The van der Waals surface area contributed by atoms with Crippen molar-refractivity contribution in [3.8, 4) is 0 Å². The van der Waals surface area contributed by atoms with Crippen molar-refractivity contribution in [2.24, 2.45) is 9.63 Å². The van der Waals surface area contributed by atoms with Crippen LogP contribution in [-0.2, 0) is 0 Å². The summed E-state index contributed by atoms with van der Waals surface area (Å²) >= 11 is 1.33. The standard InChI is InChI=1S/C4H8N2S/c1-4(2)5-6-7-3/h1H2,2-3H3. The van der Waals surface area contributed by atoms with Crippen molar-refractivity contribution in [3.05, 3.63) is 12.3 Å². The number of allylic oxidation sites excluding steroid dienone is 1. The maximum atomic E-state index is 3.64. The molecule has 0 fully saturated rings. The molecule has 0 bridgehead atoms. The number of hydrogen-bond donors (Lipinski definition) is 0. The Balaban J connectivity index is 3.26. The van der Waals surface area contributed by atoms with Crippen molar-refractivity contribution < 1.29 is 0 Å². The van der Waals surface area contributed by atoms with Crippen LogP contribution >= 0.6 is 11.9 Å². The van der Waals surface area contributed by atoms with Crippen LogP contribution < -0.4 is 0 Å². The SMILES string of the molecule is C=C(C)N=NSC. The Morgan fingerprint density at radius 2 is 2.29 bits per heavy atom. The summed E-state index contributed by atoms with van der Waals surface area (Å²) in [5.41, 5.74) is 0.745. The van der Waals surface area contributed by atoms with E-state index in [0.717, 1.165) is 5.70 Å². The molecular weight excluding hydrogens is 108 g/mol. The molecule has 0 aliphatic heterocycles. The molecule has 0 aliphatic rings. The molecule has 0 rings (SSSR count). The van der Waals surface area contributed by atoms with Crippen LogP contribution in [0.15, 0.2) is 21.9 Å². The van der Waals surface area contributed by atoms with Gasteiger partial charge in [-0.25, -0.2) is 0 Å². The minimum atomic E-state index is 0.745. The molecule has 0 aliphatic carbocycles. The summed E-state index contributed by atoms with van der Waals surface area (Å²) in [6.07, 6.45) is 1.85. The lowest BCUT2D eigenvalue weighted by Crippen LogP contribution is -1.54. The zero-order valence-electron chi connectivity index (χ0n) is 4.51. The van der Waals surface area contributed by atoms with Crippen LogP contribution in [0.5, 0.6) is 0 Å². The van der Waals surface area contributed by atoms with E-state index in [1.54, 1.807) is 6.92 Å². The van der Waals surface area contributed by atoms with Gasteiger partial charge in [0.15, 0.2) is 0 Å². The summed E-state index contributed by atoms with van der Waals surface area (Å²) in [6, 6.07) is 0. The summed E-state index contributed by atoms with van der Waals surface area (Å²) in [7, 11) is 0. The quantitative estimate of drug-likeness (QED) is 0.401. The van der Waals surface area contributed by atoms with Crippen LogP contribution in [0.1, 0.15) is 6.92 Å². The number of rotatable bonds is 2. The maximum Gasteiger partial charge on any atom is 0.0534 e. The molecule has 0 N–H and O–H groups in total. The molecule has 3 heteroatoms. The third kappa shape index (κ3) is 5.69. The highest BCUT2D eigenvalue weighted by Crippen LogP contribution is 1.98. The first-order valence-corrected chi connectivity index (χ1v) is 3.05. The van der Waals surface area contributed by atoms with E-state index in [1.807, 2.05) is 6.26 Å². The summed E-state index contributed by atoms with van der Waals surface area (Å²) < 4.78 is 3.61. The van der Waals surface area contributed by atoms with Gasteiger partial charge in [-0.2, -0.15) is 0 Å². The number of nitrogens with zero attached hydrogens (tertiary/aromatic N) is 2. The lowest BCUT2D eigenvalue weighted by molar-refractivity contribution is 1.20. The normalized spacial score (nSPS) is 10.0. The van der Waals surface area contributed by atoms with E-state index in [2.05, 4.69) is 16.2 Å². The van der Waals surface area contributed by atoms with Gasteiger partial charge in [0.05, 0.1) is 5.70 Å². The zero-order chi connectivity index (χ0) is 5.70. The summed E-state index contributed by atoms with van der Waals surface area (Å²) in [5, 5.41) is 3.64. The van der Waals surface area contributed by atoms with Crippen LogP contribution in [0.25, 0.3) is 0 Å². The topological polar surface area (TPSA) is 24.7 Å². The highest BCUT2D eigenvalue weighted by Gasteiger charge is 1.70. The average molecular weight is 116 g/mol. The first-order valence-electron chi connectivity index (χ1n) is 1.87. The molecule has 0 aromatic rings. The second-order valence-corrected chi connectivity index (χ2v) is 1.63. The molecule has 0 aromatic carbocycles. The van der Waals surface area contributed by atoms with Crippen molar-refractivity contribution >= 4 is 11.9 Å². The van der Waals surface area contributed by atoms with Crippen molar-refractivity contribution in [1.82, 2.24) is 0 Å². The van der Waals surface area contributed by atoms with Crippen molar-refractivity contribution in [1.29, 1.82) is 0 Å². The van der Waals surface area contributed by atoms with Crippen LogP contribution in [0.4, 0.5) is 0 Å². The van der Waals surface area contributed by atoms with E-state index in [4.69, 9.17) is 0 Å². The molecule has 0 saturated carbocycles. The van der Waals surface area contributed by atoms with E-state index in [9.17, 15) is 0 Å². The van der Waals surface area contributed by atoms with Gasteiger partial charge in [0, 0.05) is 6.26 Å². The van der Waals surface area contributed by atoms with Crippen LogP contribution in [0.2, 0.25) is 0 Å². The number of hydrogen-bond acceptors (Lipinski definition) is 3. The lowest BCUT2D eigenvalue weighted by atomic mass is 10.6. The molecule has 7 heavy (non-hydrogen) atoms. The Morgan fingerprint density at radius 3 is 2.43 bits per heavy atom. The minimum absolute atomic E-state index is 0.745. The van der Waals surface area contributed by atoms with E-state index in [1.165, 1.54) is 11.9 Å². The molecular formula is C4H8N2S. The summed E-state index contributed by atoms with van der Waals surface area (Å²) in [6.45, 7) is 5.32. The van der Waals surface area contributed by atoms with Crippen molar-refractivity contribution in [3.63, 3.8) is 0 Å². The fourth-order valence-electron chi connectivity index (χ4n) is 0.111. The third-order valence-corrected chi connectivity index (χ3v) is 0.538. The van der Waals surface area contributed by atoms with Crippen LogP contribution in [0, 0.1) is 0 Å². The van der Waals surface area contributed by atoms with Gasteiger partial charge in [-0.3, -0.25) is 0 Å². The molecule has 40 valence electrons. The van der Waals surface area contributed by atoms with E-state index in [0.29, 0.717) is 0 Å². The molecule has 0 saturated heterocycles. The molecule has 0 amide bonds. The molecule has 0 aromatic heterocycles. The van der Waals surface area contributed by atoms with Crippen LogP contribution in [-0.4, -0.2) is 6.26 Å². The summed E-state index contributed by atoms with van der Waals surface area (Å²) in [4.78, 5) is 0. The van der Waals surface area contributed by atoms with E-state index in [-0.39, 0.29) is 0 Å². The van der Waals surface area contributed by atoms with Gasteiger partial charge >= 0.3 is 0 Å². The Kier molecular flexibility index (Phi) is 3.69. The van der Waals surface area contributed by atoms with Gasteiger partial charge in [-0.1, -0.05) is 6.58 Å².